The Morgan fingerprint density at radius 1 is 1.47 bits per heavy atom. The van der Waals surface area contributed by atoms with Crippen molar-refractivity contribution in [2.24, 2.45) is 0 Å². The van der Waals surface area contributed by atoms with E-state index in [1.165, 1.54) is 11.1 Å². The summed E-state index contributed by atoms with van der Waals surface area (Å²) in [5.74, 6) is 0. The number of benzene rings is 1. The highest BCUT2D eigenvalue weighted by Gasteiger charge is 2.21. The standard InChI is InChI=1S/C14H22N2O/c1-12-3-2-4-13(9-12)11-16-7-6-15-10-14(16)5-8-17/h2-4,9,14-15,17H,5-8,10-11H2,1H3/t14-/m0/s1. The molecule has 17 heavy (non-hydrogen) atoms. The van der Waals surface area contributed by atoms with Crippen molar-refractivity contribution in [3.8, 4) is 0 Å². The number of hydrogen-bond donors (Lipinski definition) is 2. The Bertz CT molecular complexity index is 352. The van der Waals surface area contributed by atoms with Crippen molar-refractivity contribution < 1.29 is 5.11 Å². The SMILES string of the molecule is Cc1cccc(CN2CCNC[C@@H]2CCO)c1. The number of nitrogens with zero attached hydrogens (tertiary/aromatic N) is 1. The van der Waals surface area contributed by atoms with Crippen LogP contribution in [0.3, 0.4) is 0 Å². The first-order valence-corrected chi connectivity index (χ1v) is 6.41. The molecule has 0 aliphatic carbocycles. The lowest BCUT2D eigenvalue weighted by Crippen LogP contribution is -2.51. The molecule has 0 unspecified atom stereocenters. The molecule has 3 heteroatoms. The minimum Gasteiger partial charge on any atom is -0.396 e. The van der Waals surface area contributed by atoms with E-state index in [0.717, 1.165) is 32.6 Å². The number of piperazine rings is 1. The van der Waals surface area contributed by atoms with Crippen LogP contribution in [0.15, 0.2) is 24.3 Å². The minimum atomic E-state index is 0.274. The number of rotatable bonds is 4. The molecule has 94 valence electrons. The molecule has 1 heterocycles. The van der Waals surface area contributed by atoms with Crippen LogP contribution in [0.2, 0.25) is 0 Å². The van der Waals surface area contributed by atoms with Crippen LogP contribution in [-0.4, -0.2) is 42.3 Å². The van der Waals surface area contributed by atoms with Gasteiger partial charge in [-0.05, 0) is 18.9 Å². The zero-order chi connectivity index (χ0) is 12.1. The molecule has 0 spiro atoms. The zero-order valence-electron chi connectivity index (χ0n) is 10.5. The van der Waals surface area contributed by atoms with E-state index in [0.29, 0.717) is 6.04 Å². The lowest BCUT2D eigenvalue weighted by Gasteiger charge is -2.36. The van der Waals surface area contributed by atoms with Crippen molar-refractivity contribution in [1.29, 1.82) is 0 Å². The number of aryl methyl sites for hydroxylation is 1. The summed E-state index contributed by atoms with van der Waals surface area (Å²) < 4.78 is 0. The second-order valence-corrected chi connectivity index (χ2v) is 4.83. The van der Waals surface area contributed by atoms with E-state index < -0.39 is 0 Å². The van der Waals surface area contributed by atoms with Gasteiger partial charge < -0.3 is 10.4 Å². The summed E-state index contributed by atoms with van der Waals surface area (Å²) in [4.78, 5) is 2.47. The minimum absolute atomic E-state index is 0.274. The van der Waals surface area contributed by atoms with Crippen LogP contribution in [0.25, 0.3) is 0 Å². The van der Waals surface area contributed by atoms with E-state index in [4.69, 9.17) is 5.11 Å². The van der Waals surface area contributed by atoms with E-state index in [1.54, 1.807) is 0 Å². The summed E-state index contributed by atoms with van der Waals surface area (Å²) in [5.41, 5.74) is 2.69. The first-order chi connectivity index (χ1) is 8.29. The smallest absolute Gasteiger partial charge is 0.0446 e. The molecule has 1 saturated heterocycles. The van der Waals surface area contributed by atoms with Gasteiger partial charge in [0.2, 0.25) is 0 Å². The third-order valence-corrected chi connectivity index (χ3v) is 3.40. The molecule has 1 aliphatic heterocycles. The molecule has 0 saturated carbocycles. The maximum Gasteiger partial charge on any atom is 0.0446 e. The number of aliphatic hydroxyl groups excluding tert-OH is 1. The van der Waals surface area contributed by atoms with Gasteiger partial charge in [0.1, 0.15) is 0 Å². The zero-order valence-corrected chi connectivity index (χ0v) is 10.5. The van der Waals surface area contributed by atoms with Crippen LogP contribution in [0.5, 0.6) is 0 Å². The van der Waals surface area contributed by atoms with Gasteiger partial charge in [0.15, 0.2) is 0 Å². The van der Waals surface area contributed by atoms with E-state index in [1.807, 2.05) is 0 Å². The van der Waals surface area contributed by atoms with Crippen LogP contribution in [-0.2, 0) is 6.54 Å². The van der Waals surface area contributed by atoms with Gasteiger partial charge in [-0.25, -0.2) is 0 Å². The average Bonchev–Trinajstić information content (AvgIpc) is 2.32. The lowest BCUT2D eigenvalue weighted by molar-refractivity contribution is 0.123. The Labute approximate surface area is 103 Å². The maximum atomic E-state index is 9.09. The molecule has 1 fully saturated rings. The maximum absolute atomic E-state index is 9.09. The summed E-state index contributed by atoms with van der Waals surface area (Å²) in [6.45, 7) is 6.51. The van der Waals surface area contributed by atoms with Gasteiger partial charge in [-0.15, -0.1) is 0 Å². The fraction of sp³-hybridized carbons (Fsp3) is 0.571. The van der Waals surface area contributed by atoms with Crippen LogP contribution in [0, 0.1) is 6.92 Å². The van der Waals surface area contributed by atoms with E-state index in [9.17, 15) is 0 Å². The molecule has 3 nitrogen and oxygen atoms in total. The van der Waals surface area contributed by atoms with Crippen LogP contribution >= 0.6 is 0 Å². The van der Waals surface area contributed by atoms with Gasteiger partial charge in [-0.1, -0.05) is 29.8 Å². The summed E-state index contributed by atoms with van der Waals surface area (Å²) in [7, 11) is 0. The van der Waals surface area contributed by atoms with Crippen LogP contribution in [0.1, 0.15) is 17.5 Å². The molecule has 0 amide bonds. The number of hydrogen-bond acceptors (Lipinski definition) is 3. The van der Waals surface area contributed by atoms with Gasteiger partial charge in [0.05, 0.1) is 0 Å². The summed E-state index contributed by atoms with van der Waals surface area (Å²) in [5, 5.41) is 12.5. The summed E-state index contributed by atoms with van der Waals surface area (Å²) in [6, 6.07) is 9.15. The Hall–Kier alpha value is -0.900. The fourth-order valence-corrected chi connectivity index (χ4v) is 2.49. The first kappa shape index (κ1) is 12.6. The van der Waals surface area contributed by atoms with Crippen LogP contribution in [0.4, 0.5) is 0 Å². The normalized spacial score (nSPS) is 21.6. The summed E-state index contributed by atoms with van der Waals surface area (Å²) in [6.07, 6.45) is 0.860. The largest absolute Gasteiger partial charge is 0.396 e. The van der Waals surface area contributed by atoms with Crippen molar-refractivity contribution in [2.45, 2.75) is 25.9 Å². The Morgan fingerprint density at radius 3 is 3.12 bits per heavy atom. The molecule has 1 aromatic carbocycles. The van der Waals surface area contributed by atoms with Crippen molar-refractivity contribution >= 4 is 0 Å². The molecule has 0 radical (unpaired) electrons. The van der Waals surface area contributed by atoms with Gasteiger partial charge in [-0.3, -0.25) is 4.90 Å². The van der Waals surface area contributed by atoms with Crippen molar-refractivity contribution in [3.63, 3.8) is 0 Å². The molecule has 1 aromatic rings. The quantitative estimate of drug-likeness (QED) is 0.820. The topological polar surface area (TPSA) is 35.5 Å². The van der Waals surface area contributed by atoms with E-state index in [2.05, 4.69) is 41.4 Å². The van der Waals surface area contributed by atoms with Crippen molar-refractivity contribution in [1.82, 2.24) is 10.2 Å². The predicted octanol–water partition coefficient (Wildman–Crippen LogP) is 1.15. The molecule has 2 N–H and O–H groups in total. The monoisotopic (exact) mass is 234 g/mol. The molecular weight excluding hydrogens is 212 g/mol. The van der Waals surface area contributed by atoms with E-state index in [-0.39, 0.29) is 6.61 Å². The molecule has 2 rings (SSSR count). The molecule has 0 aromatic heterocycles. The highest BCUT2D eigenvalue weighted by Crippen LogP contribution is 2.13. The van der Waals surface area contributed by atoms with Crippen molar-refractivity contribution in [2.75, 3.05) is 26.2 Å². The predicted molar refractivity (Wildman–Crippen MR) is 69.9 cm³/mol. The lowest BCUT2D eigenvalue weighted by atomic mass is 10.1. The highest BCUT2D eigenvalue weighted by molar-refractivity contribution is 5.22. The number of aliphatic hydroxyl groups is 1. The van der Waals surface area contributed by atoms with Crippen LogP contribution < -0.4 is 5.32 Å². The Kier molecular flexibility index (Phi) is 4.54. The van der Waals surface area contributed by atoms with Gasteiger partial charge in [0.25, 0.3) is 0 Å². The second kappa shape index (κ2) is 6.15. The molecule has 0 bridgehead atoms. The molecule has 1 atom stereocenters. The highest BCUT2D eigenvalue weighted by atomic mass is 16.3. The number of nitrogens with one attached hydrogen (secondary N) is 1. The molecule has 1 aliphatic rings. The summed E-state index contributed by atoms with van der Waals surface area (Å²) >= 11 is 0. The van der Waals surface area contributed by atoms with E-state index >= 15 is 0 Å². The van der Waals surface area contributed by atoms with Gasteiger partial charge in [-0.2, -0.15) is 0 Å². The fourth-order valence-electron chi connectivity index (χ4n) is 2.49. The van der Waals surface area contributed by atoms with Crippen molar-refractivity contribution in [3.05, 3.63) is 35.4 Å². The Morgan fingerprint density at radius 2 is 2.35 bits per heavy atom. The van der Waals surface area contributed by atoms with Gasteiger partial charge in [0, 0.05) is 38.8 Å². The Balaban J connectivity index is 2.00. The average molecular weight is 234 g/mol. The molecular formula is C14H22N2O. The van der Waals surface area contributed by atoms with Gasteiger partial charge >= 0.3 is 0 Å². The second-order valence-electron chi connectivity index (χ2n) is 4.83. The first-order valence-electron chi connectivity index (χ1n) is 6.41. The third-order valence-electron chi connectivity index (χ3n) is 3.40. The third kappa shape index (κ3) is 3.53.